The summed E-state index contributed by atoms with van der Waals surface area (Å²) in [4.78, 5) is 15.2. The third-order valence-electron chi connectivity index (χ3n) is 2.30. The van der Waals surface area contributed by atoms with Gasteiger partial charge in [0.1, 0.15) is 6.04 Å². The maximum atomic E-state index is 11.2. The van der Waals surface area contributed by atoms with E-state index in [0.29, 0.717) is 0 Å². The van der Waals surface area contributed by atoms with Crippen LogP contribution in [0.2, 0.25) is 0 Å². The van der Waals surface area contributed by atoms with Gasteiger partial charge in [0.15, 0.2) is 0 Å². The Hall–Kier alpha value is -2.21. The van der Waals surface area contributed by atoms with Crippen molar-refractivity contribution in [2.45, 2.75) is 6.04 Å². The number of carbonyl (C=O) groups excluding carboxylic acids is 1. The Morgan fingerprint density at radius 1 is 1.41 bits per heavy atom. The molecule has 2 aromatic rings. The van der Waals surface area contributed by atoms with E-state index in [1.54, 1.807) is 0 Å². The van der Waals surface area contributed by atoms with Crippen molar-refractivity contribution in [2.24, 2.45) is 5.73 Å². The Bertz CT molecular complexity index is 509. The zero-order chi connectivity index (χ0) is 12.3. The Morgan fingerprint density at radius 3 is 2.76 bits per heavy atom. The first-order valence-corrected chi connectivity index (χ1v) is 5.08. The quantitative estimate of drug-likeness (QED) is 0.802. The number of nitrogens with two attached hydrogens (primary N) is 1. The van der Waals surface area contributed by atoms with Crippen LogP contribution >= 0.6 is 0 Å². The van der Waals surface area contributed by atoms with Gasteiger partial charge in [-0.3, -0.25) is 4.79 Å². The van der Waals surface area contributed by atoms with E-state index in [1.165, 1.54) is 7.05 Å². The van der Waals surface area contributed by atoms with Crippen LogP contribution in [0, 0.1) is 0 Å². The molecule has 1 atom stereocenters. The molecule has 1 aromatic heterocycles. The molecule has 0 saturated heterocycles. The van der Waals surface area contributed by atoms with Gasteiger partial charge in [-0.05, 0) is 5.56 Å². The van der Waals surface area contributed by atoms with Gasteiger partial charge in [0.05, 0.1) is 0 Å². The number of nitrogens with zero attached hydrogens (tertiary/aromatic N) is 2. The lowest BCUT2D eigenvalue weighted by molar-refractivity contribution is 0.0950. The van der Waals surface area contributed by atoms with Gasteiger partial charge in [-0.2, -0.15) is 4.98 Å². The van der Waals surface area contributed by atoms with Crippen LogP contribution in [-0.4, -0.2) is 23.1 Å². The van der Waals surface area contributed by atoms with Crippen molar-refractivity contribution in [1.29, 1.82) is 0 Å². The number of rotatable bonds is 3. The summed E-state index contributed by atoms with van der Waals surface area (Å²) in [5, 5.41) is 5.96. The van der Waals surface area contributed by atoms with Gasteiger partial charge in [0, 0.05) is 7.05 Å². The standard InChI is InChI=1S/C11H12N4O2/c1-13-10(16)9-14-11(17-15-9)8(12)7-5-3-2-4-6-7/h2-6,8H,12H2,1H3,(H,13,16)/t8-/m1/s1. The van der Waals surface area contributed by atoms with E-state index in [1.807, 2.05) is 30.3 Å². The second kappa shape index (κ2) is 4.75. The van der Waals surface area contributed by atoms with Crippen LogP contribution < -0.4 is 11.1 Å². The van der Waals surface area contributed by atoms with E-state index in [0.717, 1.165) is 5.56 Å². The van der Waals surface area contributed by atoms with Crippen LogP contribution in [0.25, 0.3) is 0 Å². The molecule has 0 fully saturated rings. The fourth-order valence-electron chi connectivity index (χ4n) is 1.37. The van der Waals surface area contributed by atoms with Gasteiger partial charge in [0.2, 0.25) is 5.89 Å². The number of hydrogen-bond acceptors (Lipinski definition) is 5. The van der Waals surface area contributed by atoms with Gasteiger partial charge in [-0.15, -0.1) is 0 Å². The van der Waals surface area contributed by atoms with Crippen molar-refractivity contribution in [1.82, 2.24) is 15.5 Å². The molecule has 0 radical (unpaired) electrons. The average Bonchev–Trinajstić information content (AvgIpc) is 2.87. The molecule has 6 heteroatoms. The Morgan fingerprint density at radius 2 is 2.12 bits per heavy atom. The molecule has 1 aromatic carbocycles. The molecule has 2 rings (SSSR count). The topological polar surface area (TPSA) is 94.0 Å². The molecule has 0 spiro atoms. The molecule has 0 aliphatic heterocycles. The number of amides is 1. The molecule has 0 saturated carbocycles. The number of carbonyl (C=O) groups is 1. The molecule has 1 heterocycles. The van der Waals surface area contributed by atoms with Crippen LogP contribution in [0.3, 0.4) is 0 Å². The Balaban J connectivity index is 2.23. The number of nitrogens with one attached hydrogen (secondary N) is 1. The van der Waals surface area contributed by atoms with Crippen LogP contribution in [0.4, 0.5) is 0 Å². The van der Waals surface area contributed by atoms with Crippen LogP contribution in [-0.2, 0) is 0 Å². The van der Waals surface area contributed by atoms with Crippen LogP contribution in [0.1, 0.15) is 28.1 Å². The predicted molar refractivity (Wildman–Crippen MR) is 60.2 cm³/mol. The minimum Gasteiger partial charge on any atom is -0.352 e. The van der Waals surface area contributed by atoms with Crippen molar-refractivity contribution < 1.29 is 9.32 Å². The smallest absolute Gasteiger partial charge is 0.292 e. The van der Waals surface area contributed by atoms with Crippen molar-refractivity contribution in [2.75, 3.05) is 7.05 Å². The van der Waals surface area contributed by atoms with E-state index in [4.69, 9.17) is 10.3 Å². The van der Waals surface area contributed by atoms with Crippen molar-refractivity contribution >= 4 is 5.91 Å². The first kappa shape index (κ1) is 11.3. The number of aromatic nitrogens is 2. The summed E-state index contributed by atoms with van der Waals surface area (Å²) in [5.41, 5.74) is 6.79. The fraction of sp³-hybridized carbons (Fsp3) is 0.182. The Labute approximate surface area is 97.8 Å². The monoisotopic (exact) mass is 232 g/mol. The van der Waals surface area contributed by atoms with Gasteiger partial charge in [-0.25, -0.2) is 0 Å². The van der Waals surface area contributed by atoms with E-state index < -0.39 is 11.9 Å². The zero-order valence-corrected chi connectivity index (χ0v) is 9.25. The molecule has 0 aliphatic carbocycles. The maximum absolute atomic E-state index is 11.2. The summed E-state index contributed by atoms with van der Waals surface area (Å²) < 4.78 is 4.96. The second-order valence-corrected chi connectivity index (χ2v) is 3.42. The molecular formula is C11H12N4O2. The van der Waals surface area contributed by atoms with Crippen LogP contribution in [0.15, 0.2) is 34.9 Å². The first-order chi connectivity index (χ1) is 8.22. The highest BCUT2D eigenvalue weighted by Crippen LogP contribution is 2.17. The molecule has 0 bridgehead atoms. The largest absolute Gasteiger partial charge is 0.352 e. The SMILES string of the molecule is CNC(=O)c1noc([C@H](N)c2ccccc2)n1. The van der Waals surface area contributed by atoms with E-state index >= 15 is 0 Å². The van der Waals surface area contributed by atoms with Gasteiger partial charge in [0.25, 0.3) is 11.7 Å². The minimum absolute atomic E-state index is 0.0196. The highest BCUT2D eigenvalue weighted by Gasteiger charge is 2.19. The fourth-order valence-corrected chi connectivity index (χ4v) is 1.37. The number of benzene rings is 1. The molecule has 0 aliphatic rings. The molecule has 6 nitrogen and oxygen atoms in total. The molecular weight excluding hydrogens is 220 g/mol. The molecule has 17 heavy (non-hydrogen) atoms. The average molecular weight is 232 g/mol. The van der Waals surface area contributed by atoms with Crippen LogP contribution in [0.5, 0.6) is 0 Å². The summed E-state index contributed by atoms with van der Waals surface area (Å²) in [6, 6.07) is 8.81. The highest BCUT2D eigenvalue weighted by atomic mass is 16.5. The summed E-state index contributed by atoms with van der Waals surface area (Å²) in [5.74, 6) is -0.205. The maximum Gasteiger partial charge on any atom is 0.292 e. The van der Waals surface area contributed by atoms with E-state index in [-0.39, 0.29) is 11.7 Å². The predicted octanol–water partition coefficient (Wildman–Crippen LogP) is 0.477. The van der Waals surface area contributed by atoms with E-state index in [2.05, 4.69) is 15.5 Å². The number of hydrogen-bond donors (Lipinski definition) is 2. The normalized spacial score (nSPS) is 12.1. The third kappa shape index (κ3) is 2.31. The van der Waals surface area contributed by atoms with Crippen molar-refractivity contribution in [3.05, 3.63) is 47.6 Å². The summed E-state index contributed by atoms with van der Waals surface area (Å²) in [6.45, 7) is 0. The summed E-state index contributed by atoms with van der Waals surface area (Å²) in [7, 11) is 1.50. The summed E-state index contributed by atoms with van der Waals surface area (Å²) >= 11 is 0. The molecule has 1 amide bonds. The Kier molecular flexibility index (Phi) is 3.15. The molecule has 88 valence electrons. The lowest BCUT2D eigenvalue weighted by Gasteiger charge is -2.05. The van der Waals surface area contributed by atoms with Gasteiger partial charge in [-0.1, -0.05) is 35.5 Å². The lowest BCUT2D eigenvalue weighted by atomic mass is 10.1. The third-order valence-corrected chi connectivity index (χ3v) is 2.30. The second-order valence-electron chi connectivity index (χ2n) is 3.42. The first-order valence-electron chi connectivity index (χ1n) is 5.08. The van der Waals surface area contributed by atoms with Gasteiger partial charge >= 0.3 is 0 Å². The van der Waals surface area contributed by atoms with Crippen molar-refractivity contribution in [3.8, 4) is 0 Å². The molecule has 3 N–H and O–H groups in total. The minimum atomic E-state index is -0.526. The lowest BCUT2D eigenvalue weighted by Crippen LogP contribution is -2.19. The van der Waals surface area contributed by atoms with Gasteiger partial charge < -0.3 is 15.6 Å². The molecule has 0 unspecified atom stereocenters. The van der Waals surface area contributed by atoms with Crippen molar-refractivity contribution in [3.63, 3.8) is 0 Å². The zero-order valence-electron chi connectivity index (χ0n) is 9.25. The highest BCUT2D eigenvalue weighted by molar-refractivity contribution is 5.89. The van der Waals surface area contributed by atoms with E-state index in [9.17, 15) is 4.79 Å². The summed E-state index contributed by atoms with van der Waals surface area (Å²) in [6.07, 6.45) is 0.